The number of hydrogen-bond acceptors (Lipinski definition) is 9. The van der Waals surface area contributed by atoms with Crippen LogP contribution in [0.2, 0.25) is 0 Å². The van der Waals surface area contributed by atoms with E-state index in [1.165, 1.54) is 12.1 Å². The Bertz CT molecular complexity index is 1280. The Morgan fingerprint density at radius 2 is 2.11 bits per heavy atom. The molecular formula is C25H27FN6O3. The molecule has 1 aliphatic heterocycles. The Morgan fingerprint density at radius 1 is 1.29 bits per heavy atom. The zero-order valence-electron chi connectivity index (χ0n) is 19.8. The van der Waals surface area contributed by atoms with Crippen molar-refractivity contribution in [3.63, 3.8) is 0 Å². The highest BCUT2D eigenvalue weighted by Crippen LogP contribution is 2.46. The molecule has 0 radical (unpaired) electrons. The van der Waals surface area contributed by atoms with Crippen LogP contribution in [0.1, 0.15) is 23.9 Å². The topological polar surface area (TPSA) is 115 Å². The predicted octanol–water partition coefficient (Wildman–Crippen LogP) is 3.05. The zero-order chi connectivity index (χ0) is 24.7. The first kappa shape index (κ1) is 23.0. The van der Waals surface area contributed by atoms with Gasteiger partial charge in [-0.25, -0.2) is 4.39 Å². The van der Waals surface area contributed by atoms with Gasteiger partial charge in [0.05, 0.1) is 24.4 Å². The molecule has 0 spiro atoms. The quantitative estimate of drug-likeness (QED) is 0.403. The van der Waals surface area contributed by atoms with E-state index in [4.69, 9.17) is 20.2 Å². The number of rotatable bonds is 6. The lowest BCUT2D eigenvalue weighted by molar-refractivity contribution is -0.147. The van der Waals surface area contributed by atoms with Crippen LogP contribution in [0, 0.1) is 18.7 Å². The van der Waals surface area contributed by atoms with Gasteiger partial charge in [-0.1, -0.05) is 0 Å². The van der Waals surface area contributed by atoms with Gasteiger partial charge >= 0.3 is 12.0 Å². The first-order chi connectivity index (χ1) is 16.9. The second kappa shape index (κ2) is 9.10. The van der Waals surface area contributed by atoms with Crippen molar-refractivity contribution in [2.45, 2.75) is 26.3 Å². The van der Waals surface area contributed by atoms with Crippen molar-refractivity contribution in [2.24, 2.45) is 11.7 Å². The monoisotopic (exact) mass is 478 g/mol. The molecule has 3 aromatic rings. The minimum Gasteiger partial charge on any atom is -0.466 e. The van der Waals surface area contributed by atoms with Crippen molar-refractivity contribution in [3.8, 4) is 22.9 Å². The molecule has 2 atom stereocenters. The Labute approximate surface area is 202 Å². The van der Waals surface area contributed by atoms with Gasteiger partial charge < -0.3 is 25.4 Å². The molecule has 5 rings (SSSR count). The number of anilines is 2. The summed E-state index contributed by atoms with van der Waals surface area (Å²) in [6, 6.07) is 6.33. The Hall–Kier alpha value is -3.79. The lowest BCUT2D eigenvalue weighted by Gasteiger charge is -2.21. The molecule has 1 saturated heterocycles. The minimum atomic E-state index is -0.493. The van der Waals surface area contributed by atoms with Crippen molar-refractivity contribution in [1.29, 1.82) is 0 Å². The summed E-state index contributed by atoms with van der Waals surface area (Å²) in [6.45, 7) is 4.66. The van der Waals surface area contributed by atoms with Gasteiger partial charge in [-0.3, -0.25) is 9.78 Å². The van der Waals surface area contributed by atoms with Crippen LogP contribution < -0.4 is 20.7 Å². The molecule has 3 N–H and O–H groups in total. The van der Waals surface area contributed by atoms with E-state index in [1.54, 1.807) is 26.2 Å². The second-order valence-electron chi connectivity index (χ2n) is 8.72. The number of nitrogens with zero attached hydrogens (tertiary/aromatic N) is 4. The Balaban J connectivity index is 1.59. The van der Waals surface area contributed by atoms with Crippen LogP contribution >= 0.6 is 0 Å². The van der Waals surface area contributed by atoms with E-state index in [1.807, 2.05) is 17.9 Å². The van der Waals surface area contributed by atoms with Gasteiger partial charge in [0.25, 0.3) is 0 Å². The molecule has 1 aliphatic carbocycles. The largest absolute Gasteiger partial charge is 0.466 e. The molecular weight excluding hydrogens is 451 g/mol. The summed E-state index contributed by atoms with van der Waals surface area (Å²) < 4.78 is 25.7. The number of fused-ring (bicyclic) bond motifs is 3. The maximum absolute atomic E-state index is 14.5. The van der Waals surface area contributed by atoms with E-state index in [2.05, 4.69) is 15.3 Å². The molecule has 3 heterocycles. The highest BCUT2D eigenvalue weighted by atomic mass is 19.1. The fraction of sp³-hybridized carbons (Fsp3) is 0.360. The molecule has 1 fully saturated rings. The fourth-order valence-corrected chi connectivity index (χ4v) is 4.71. The van der Waals surface area contributed by atoms with Crippen LogP contribution in [0.5, 0.6) is 11.8 Å². The van der Waals surface area contributed by atoms with Crippen LogP contribution in [-0.2, 0) is 16.0 Å². The predicted molar refractivity (Wildman–Crippen MR) is 129 cm³/mol. The van der Waals surface area contributed by atoms with Crippen LogP contribution in [-0.4, -0.2) is 53.7 Å². The normalized spacial score (nSPS) is 18.3. The SMILES string of the molecule is CCOC(=O)[C@@H]1CN(c2nc(Oc3ccc(C)nc3)nc3c2-c2cc(F)cc(NC)c2C3)C[C@@H]1N. The van der Waals surface area contributed by atoms with Crippen molar-refractivity contribution in [1.82, 2.24) is 15.0 Å². The number of ether oxygens (including phenoxy) is 2. The molecule has 0 saturated carbocycles. The van der Waals surface area contributed by atoms with Crippen molar-refractivity contribution >= 4 is 17.5 Å². The summed E-state index contributed by atoms with van der Waals surface area (Å²) in [7, 11) is 1.76. The van der Waals surface area contributed by atoms with Gasteiger partial charge in [-0.2, -0.15) is 9.97 Å². The molecule has 2 aliphatic rings. The average molecular weight is 479 g/mol. The van der Waals surface area contributed by atoms with Crippen molar-refractivity contribution in [2.75, 3.05) is 37.0 Å². The number of pyridine rings is 1. The number of carbonyl (C=O) groups excluding carboxylic acids is 1. The number of carbonyl (C=O) groups is 1. The summed E-state index contributed by atoms with van der Waals surface area (Å²) in [4.78, 5) is 28.1. The van der Waals surface area contributed by atoms with E-state index < -0.39 is 12.0 Å². The van der Waals surface area contributed by atoms with Gasteiger partial charge in [-0.05, 0) is 49.2 Å². The van der Waals surface area contributed by atoms with Crippen LogP contribution in [0.15, 0.2) is 30.5 Å². The van der Waals surface area contributed by atoms with E-state index in [9.17, 15) is 9.18 Å². The summed E-state index contributed by atoms with van der Waals surface area (Å²) in [6.07, 6.45) is 2.09. The number of nitrogens with one attached hydrogen (secondary N) is 1. The maximum atomic E-state index is 14.5. The molecule has 0 unspecified atom stereocenters. The maximum Gasteiger partial charge on any atom is 0.324 e. The molecule has 9 nitrogen and oxygen atoms in total. The summed E-state index contributed by atoms with van der Waals surface area (Å²) in [5.74, 6) is -0.132. The summed E-state index contributed by atoms with van der Waals surface area (Å²) in [5, 5.41) is 3.07. The number of aromatic nitrogens is 3. The fourth-order valence-electron chi connectivity index (χ4n) is 4.71. The number of benzene rings is 1. The highest BCUT2D eigenvalue weighted by molar-refractivity contribution is 5.88. The molecule has 1 aromatic carbocycles. The molecule has 2 aromatic heterocycles. The highest BCUT2D eigenvalue weighted by Gasteiger charge is 2.40. The lowest BCUT2D eigenvalue weighted by atomic mass is 10.0. The summed E-state index contributed by atoms with van der Waals surface area (Å²) >= 11 is 0. The van der Waals surface area contributed by atoms with Crippen molar-refractivity contribution in [3.05, 3.63) is 53.2 Å². The van der Waals surface area contributed by atoms with E-state index in [-0.39, 0.29) is 24.4 Å². The number of hydrogen-bond donors (Lipinski definition) is 2. The molecule has 35 heavy (non-hydrogen) atoms. The first-order valence-electron chi connectivity index (χ1n) is 11.6. The third-order valence-electron chi connectivity index (χ3n) is 6.39. The minimum absolute atomic E-state index is 0.150. The van der Waals surface area contributed by atoms with Crippen LogP contribution in [0.4, 0.5) is 15.9 Å². The number of nitrogens with two attached hydrogens (primary N) is 1. The van der Waals surface area contributed by atoms with Crippen LogP contribution in [0.3, 0.4) is 0 Å². The second-order valence-corrected chi connectivity index (χ2v) is 8.72. The van der Waals surface area contributed by atoms with Gasteiger partial charge in [0, 0.05) is 49.5 Å². The zero-order valence-corrected chi connectivity index (χ0v) is 19.8. The molecule has 182 valence electrons. The van der Waals surface area contributed by atoms with Gasteiger partial charge in [-0.15, -0.1) is 0 Å². The smallest absolute Gasteiger partial charge is 0.324 e. The van der Waals surface area contributed by atoms with Gasteiger partial charge in [0.1, 0.15) is 17.4 Å². The molecule has 0 bridgehead atoms. The first-order valence-corrected chi connectivity index (χ1v) is 11.6. The standard InChI is InChI=1S/C25H27FN6O3/c1-4-34-24(33)18-11-32(12-19(18)27)23-22-17-7-14(26)8-20(28-3)16(17)9-21(22)30-25(31-23)35-15-6-5-13(2)29-10-15/h5-8,10,18-19,28H,4,9,11-12,27H2,1-3H3/t18-,19+/m1/s1. The third kappa shape index (κ3) is 4.25. The number of halogens is 1. The molecule has 10 heteroatoms. The van der Waals surface area contributed by atoms with E-state index >= 15 is 0 Å². The lowest BCUT2D eigenvalue weighted by Crippen LogP contribution is -2.35. The van der Waals surface area contributed by atoms with Crippen molar-refractivity contribution < 1.29 is 18.7 Å². The van der Waals surface area contributed by atoms with Gasteiger partial charge in [0.15, 0.2) is 0 Å². The van der Waals surface area contributed by atoms with Crippen LogP contribution in [0.25, 0.3) is 11.1 Å². The van der Waals surface area contributed by atoms with E-state index in [0.29, 0.717) is 36.8 Å². The summed E-state index contributed by atoms with van der Waals surface area (Å²) in [5.41, 5.74) is 11.0. The van der Waals surface area contributed by atoms with Gasteiger partial charge in [0.2, 0.25) is 0 Å². The number of esters is 1. The third-order valence-corrected chi connectivity index (χ3v) is 6.39. The number of aryl methyl sites for hydroxylation is 1. The Kier molecular flexibility index (Phi) is 5.98. The molecule has 0 amide bonds. The van der Waals surface area contributed by atoms with E-state index in [0.717, 1.165) is 28.1 Å². The average Bonchev–Trinajstić information content (AvgIpc) is 3.40. The Morgan fingerprint density at radius 3 is 2.83 bits per heavy atom.